The zero-order valence-electron chi connectivity index (χ0n) is 10.2. The quantitative estimate of drug-likeness (QED) is 0.307. The van der Waals surface area contributed by atoms with Crippen LogP contribution in [0.4, 0.5) is 0 Å². The lowest BCUT2D eigenvalue weighted by Gasteiger charge is -2.05. The van der Waals surface area contributed by atoms with Gasteiger partial charge in [-0.1, -0.05) is 6.42 Å². The Labute approximate surface area is 97.0 Å². The molecule has 0 aliphatic rings. The standard InChI is InChI=1S/C11H22O5/c1-13-8-9-16-10-15-7-5-3-4-6-11(12)14-2/h3-10H2,1-2H3. The fourth-order valence-corrected chi connectivity index (χ4v) is 1.07. The summed E-state index contributed by atoms with van der Waals surface area (Å²) in [4.78, 5) is 10.8. The molecule has 0 rings (SSSR count). The molecule has 0 aliphatic carbocycles. The average molecular weight is 234 g/mol. The summed E-state index contributed by atoms with van der Waals surface area (Å²) < 4.78 is 19.7. The topological polar surface area (TPSA) is 54.0 Å². The summed E-state index contributed by atoms with van der Waals surface area (Å²) >= 11 is 0. The summed E-state index contributed by atoms with van der Waals surface area (Å²) in [6.07, 6.45) is 3.24. The molecule has 16 heavy (non-hydrogen) atoms. The van der Waals surface area contributed by atoms with Crippen LogP contribution in [0, 0.1) is 0 Å². The van der Waals surface area contributed by atoms with E-state index in [1.165, 1.54) is 7.11 Å². The molecule has 0 bridgehead atoms. The molecule has 0 atom stereocenters. The minimum atomic E-state index is -0.149. The van der Waals surface area contributed by atoms with E-state index in [9.17, 15) is 4.79 Å². The van der Waals surface area contributed by atoms with Crippen LogP contribution < -0.4 is 0 Å². The minimum Gasteiger partial charge on any atom is -0.469 e. The maximum atomic E-state index is 10.8. The van der Waals surface area contributed by atoms with Crippen molar-refractivity contribution in [3.8, 4) is 0 Å². The summed E-state index contributed by atoms with van der Waals surface area (Å²) in [5.74, 6) is -0.149. The summed E-state index contributed by atoms with van der Waals surface area (Å²) in [5.41, 5.74) is 0. The first-order chi connectivity index (χ1) is 7.81. The van der Waals surface area contributed by atoms with Crippen molar-refractivity contribution in [1.29, 1.82) is 0 Å². The molecular weight excluding hydrogens is 212 g/mol. The fraction of sp³-hybridized carbons (Fsp3) is 0.909. The number of unbranched alkanes of at least 4 members (excludes halogenated alkanes) is 2. The maximum Gasteiger partial charge on any atom is 0.305 e. The Morgan fingerprint density at radius 2 is 1.69 bits per heavy atom. The molecule has 0 aromatic carbocycles. The number of rotatable bonds is 11. The Kier molecular flexibility index (Phi) is 11.9. The third-order valence-electron chi connectivity index (χ3n) is 2.00. The Morgan fingerprint density at radius 1 is 0.938 bits per heavy atom. The van der Waals surface area contributed by atoms with E-state index < -0.39 is 0 Å². The van der Waals surface area contributed by atoms with Gasteiger partial charge in [0.15, 0.2) is 0 Å². The zero-order chi connectivity index (χ0) is 12.1. The normalized spacial score (nSPS) is 10.4. The van der Waals surface area contributed by atoms with Crippen LogP contribution in [0.25, 0.3) is 0 Å². The minimum absolute atomic E-state index is 0.149. The largest absolute Gasteiger partial charge is 0.469 e. The molecule has 0 heterocycles. The van der Waals surface area contributed by atoms with Crippen LogP contribution >= 0.6 is 0 Å². The van der Waals surface area contributed by atoms with Crippen molar-refractivity contribution >= 4 is 5.97 Å². The van der Waals surface area contributed by atoms with E-state index in [0.717, 1.165) is 19.3 Å². The van der Waals surface area contributed by atoms with Gasteiger partial charge < -0.3 is 18.9 Å². The van der Waals surface area contributed by atoms with Gasteiger partial charge in [-0.15, -0.1) is 0 Å². The number of methoxy groups -OCH3 is 2. The smallest absolute Gasteiger partial charge is 0.305 e. The fourth-order valence-electron chi connectivity index (χ4n) is 1.07. The molecule has 0 saturated carbocycles. The lowest BCUT2D eigenvalue weighted by atomic mass is 10.2. The highest BCUT2D eigenvalue weighted by Crippen LogP contribution is 2.01. The first-order valence-electron chi connectivity index (χ1n) is 5.52. The molecule has 0 aromatic rings. The third kappa shape index (κ3) is 11.4. The molecule has 96 valence electrons. The van der Waals surface area contributed by atoms with Gasteiger partial charge >= 0.3 is 5.97 Å². The van der Waals surface area contributed by atoms with Crippen LogP contribution in [0.2, 0.25) is 0 Å². The van der Waals surface area contributed by atoms with Gasteiger partial charge in [-0.25, -0.2) is 0 Å². The second kappa shape index (κ2) is 12.4. The van der Waals surface area contributed by atoms with Gasteiger partial charge in [0.2, 0.25) is 0 Å². The second-order valence-electron chi connectivity index (χ2n) is 3.31. The lowest BCUT2D eigenvalue weighted by Crippen LogP contribution is -2.06. The van der Waals surface area contributed by atoms with E-state index >= 15 is 0 Å². The molecule has 0 unspecified atom stereocenters. The van der Waals surface area contributed by atoms with Crippen LogP contribution in [-0.2, 0) is 23.7 Å². The molecule has 0 saturated heterocycles. The summed E-state index contributed by atoms with van der Waals surface area (Å²) in [7, 11) is 3.04. The van der Waals surface area contributed by atoms with Gasteiger partial charge in [-0.05, 0) is 12.8 Å². The maximum absolute atomic E-state index is 10.8. The number of carbonyl (C=O) groups is 1. The van der Waals surface area contributed by atoms with Gasteiger partial charge in [0, 0.05) is 20.1 Å². The van der Waals surface area contributed by atoms with Crippen molar-refractivity contribution in [2.24, 2.45) is 0 Å². The van der Waals surface area contributed by atoms with Crippen LogP contribution in [0.5, 0.6) is 0 Å². The van der Waals surface area contributed by atoms with Crippen molar-refractivity contribution in [1.82, 2.24) is 0 Å². The molecule has 0 N–H and O–H groups in total. The van der Waals surface area contributed by atoms with Crippen molar-refractivity contribution in [3.63, 3.8) is 0 Å². The van der Waals surface area contributed by atoms with Gasteiger partial charge in [-0.3, -0.25) is 4.79 Å². The predicted octanol–water partition coefficient (Wildman–Crippen LogP) is 1.36. The van der Waals surface area contributed by atoms with Gasteiger partial charge in [0.25, 0.3) is 0 Å². The van der Waals surface area contributed by atoms with Crippen LogP contribution in [0.15, 0.2) is 0 Å². The molecule has 0 spiro atoms. The van der Waals surface area contributed by atoms with E-state index in [2.05, 4.69) is 4.74 Å². The lowest BCUT2D eigenvalue weighted by molar-refractivity contribution is -0.140. The van der Waals surface area contributed by atoms with Crippen molar-refractivity contribution in [3.05, 3.63) is 0 Å². The first kappa shape index (κ1) is 15.3. The highest BCUT2D eigenvalue weighted by Gasteiger charge is 1.98. The zero-order valence-corrected chi connectivity index (χ0v) is 10.2. The van der Waals surface area contributed by atoms with E-state index in [1.807, 2.05) is 0 Å². The third-order valence-corrected chi connectivity index (χ3v) is 2.00. The van der Waals surface area contributed by atoms with Gasteiger partial charge in [0.1, 0.15) is 6.79 Å². The monoisotopic (exact) mass is 234 g/mol. The Balaban J connectivity index is 2.96. The number of carbonyl (C=O) groups excluding carboxylic acids is 1. The number of hydrogen-bond donors (Lipinski definition) is 0. The highest BCUT2D eigenvalue weighted by molar-refractivity contribution is 5.68. The van der Waals surface area contributed by atoms with Gasteiger partial charge in [0.05, 0.1) is 20.3 Å². The molecule has 0 aliphatic heterocycles. The molecule has 0 fully saturated rings. The van der Waals surface area contributed by atoms with E-state index in [4.69, 9.17) is 14.2 Å². The average Bonchev–Trinajstić information content (AvgIpc) is 2.31. The number of esters is 1. The summed E-state index contributed by atoms with van der Waals surface area (Å²) in [6, 6.07) is 0. The van der Waals surface area contributed by atoms with E-state index in [1.54, 1.807) is 7.11 Å². The molecule has 0 amide bonds. The van der Waals surface area contributed by atoms with Crippen molar-refractivity contribution < 1.29 is 23.7 Å². The molecule has 0 radical (unpaired) electrons. The van der Waals surface area contributed by atoms with Crippen LogP contribution in [0.1, 0.15) is 25.7 Å². The van der Waals surface area contributed by atoms with Crippen LogP contribution in [0.3, 0.4) is 0 Å². The second-order valence-corrected chi connectivity index (χ2v) is 3.31. The summed E-state index contributed by atoms with van der Waals surface area (Å²) in [5, 5.41) is 0. The van der Waals surface area contributed by atoms with Crippen molar-refractivity contribution in [2.75, 3.05) is 40.8 Å². The number of hydrogen-bond acceptors (Lipinski definition) is 5. The first-order valence-corrected chi connectivity index (χ1v) is 5.52. The number of ether oxygens (including phenoxy) is 4. The summed E-state index contributed by atoms with van der Waals surface area (Å²) in [6.45, 7) is 2.11. The SMILES string of the molecule is COCCOCOCCCCCC(=O)OC. The van der Waals surface area contributed by atoms with Crippen molar-refractivity contribution in [2.45, 2.75) is 25.7 Å². The molecular formula is C11H22O5. The van der Waals surface area contributed by atoms with E-state index in [-0.39, 0.29) is 5.97 Å². The molecule has 5 nitrogen and oxygen atoms in total. The highest BCUT2D eigenvalue weighted by atomic mass is 16.7. The molecule has 5 heteroatoms. The van der Waals surface area contributed by atoms with E-state index in [0.29, 0.717) is 33.0 Å². The van der Waals surface area contributed by atoms with Gasteiger partial charge in [-0.2, -0.15) is 0 Å². The molecule has 0 aromatic heterocycles. The predicted molar refractivity (Wildman–Crippen MR) is 59.1 cm³/mol. The Morgan fingerprint density at radius 3 is 2.38 bits per heavy atom. The Bertz CT molecular complexity index is 160. The Hall–Kier alpha value is -0.650. The van der Waals surface area contributed by atoms with Crippen LogP contribution in [-0.4, -0.2) is 46.8 Å².